The number of aliphatic hydroxyl groups is 1. The number of hydrogen-bond acceptors (Lipinski definition) is 3. The summed E-state index contributed by atoms with van der Waals surface area (Å²) in [6.45, 7) is 0.0611. The first kappa shape index (κ1) is 13.9. The number of hydrogen-bond donors (Lipinski definition) is 1. The van der Waals surface area contributed by atoms with Crippen LogP contribution in [-0.4, -0.2) is 23.2 Å². The monoisotopic (exact) mass is 301 g/mol. The average molecular weight is 301 g/mol. The van der Waals surface area contributed by atoms with Gasteiger partial charge in [0, 0.05) is 23.1 Å². The third-order valence-electron chi connectivity index (χ3n) is 4.22. The van der Waals surface area contributed by atoms with Crippen molar-refractivity contribution < 1.29 is 9.90 Å². The van der Waals surface area contributed by atoms with Crippen LogP contribution in [-0.2, 0) is 6.42 Å². The minimum Gasteiger partial charge on any atom is -0.396 e. The van der Waals surface area contributed by atoms with Crippen molar-refractivity contribution in [2.45, 2.75) is 6.42 Å². The molecule has 0 radical (unpaired) electrons. The van der Waals surface area contributed by atoms with Gasteiger partial charge in [0.25, 0.3) is 0 Å². The Morgan fingerprint density at radius 2 is 1.61 bits per heavy atom. The molecule has 1 aliphatic rings. The second-order valence-electron chi connectivity index (χ2n) is 5.60. The molecule has 112 valence electrons. The summed E-state index contributed by atoms with van der Waals surface area (Å²) < 4.78 is 0. The lowest BCUT2D eigenvalue weighted by atomic mass is 10.1. The first-order chi connectivity index (χ1) is 11.3. The van der Waals surface area contributed by atoms with Crippen molar-refractivity contribution in [2.24, 2.45) is 4.99 Å². The van der Waals surface area contributed by atoms with Gasteiger partial charge in [-0.15, -0.1) is 0 Å². The number of benzene rings is 3. The highest BCUT2D eigenvalue weighted by Gasteiger charge is 2.28. The molecule has 0 aliphatic heterocycles. The maximum absolute atomic E-state index is 12.8. The van der Waals surface area contributed by atoms with E-state index < -0.39 is 0 Å². The van der Waals surface area contributed by atoms with E-state index in [0.29, 0.717) is 12.1 Å². The number of para-hydroxylation sites is 1. The Balaban J connectivity index is 1.92. The van der Waals surface area contributed by atoms with Gasteiger partial charge in [-0.2, -0.15) is 0 Å². The Hall–Kier alpha value is -2.78. The Labute approximate surface area is 133 Å². The quantitative estimate of drug-likeness (QED) is 0.802. The van der Waals surface area contributed by atoms with Crippen molar-refractivity contribution in [3.63, 3.8) is 0 Å². The van der Waals surface area contributed by atoms with Crippen LogP contribution in [0.5, 0.6) is 0 Å². The molecular formula is C20H15NO2. The predicted molar refractivity (Wildman–Crippen MR) is 91.7 cm³/mol. The number of nitrogens with zero attached hydrogens (tertiary/aromatic N) is 1. The summed E-state index contributed by atoms with van der Waals surface area (Å²) in [5.41, 5.74) is 3.79. The lowest BCUT2D eigenvalue weighted by Gasteiger charge is -2.05. The Morgan fingerprint density at radius 3 is 2.39 bits per heavy atom. The van der Waals surface area contributed by atoms with E-state index in [0.717, 1.165) is 33.2 Å². The van der Waals surface area contributed by atoms with Crippen LogP contribution in [0.3, 0.4) is 0 Å². The molecule has 0 bridgehead atoms. The molecule has 0 saturated heterocycles. The number of ketones is 1. The predicted octanol–water partition coefficient (Wildman–Crippen LogP) is 3.69. The van der Waals surface area contributed by atoms with Crippen LogP contribution in [0.25, 0.3) is 10.8 Å². The number of Topliss-reactive ketones (excluding diaryl/α,β-unsaturated/α-hetero) is 1. The molecule has 0 atom stereocenters. The van der Waals surface area contributed by atoms with Crippen LogP contribution in [0.15, 0.2) is 65.7 Å². The second-order valence-corrected chi connectivity index (χ2v) is 5.60. The van der Waals surface area contributed by atoms with Gasteiger partial charge in [0.2, 0.25) is 5.78 Å². The van der Waals surface area contributed by atoms with E-state index in [-0.39, 0.29) is 12.4 Å². The summed E-state index contributed by atoms with van der Waals surface area (Å²) in [6.07, 6.45) is 0.526. The fraction of sp³-hybridized carbons (Fsp3) is 0.100. The number of carbonyl (C=O) groups is 1. The van der Waals surface area contributed by atoms with Crippen molar-refractivity contribution in [3.8, 4) is 0 Å². The number of aliphatic imine (C=N–C) groups is 1. The topological polar surface area (TPSA) is 49.7 Å². The third kappa shape index (κ3) is 2.17. The largest absolute Gasteiger partial charge is 0.396 e. The van der Waals surface area contributed by atoms with E-state index in [9.17, 15) is 9.90 Å². The van der Waals surface area contributed by atoms with E-state index >= 15 is 0 Å². The zero-order valence-electron chi connectivity index (χ0n) is 12.5. The van der Waals surface area contributed by atoms with Crippen LogP contribution in [0.4, 0.5) is 5.69 Å². The van der Waals surface area contributed by atoms with Gasteiger partial charge in [-0.3, -0.25) is 4.79 Å². The van der Waals surface area contributed by atoms with Crippen molar-refractivity contribution in [1.29, 1.82) is 0 Å². The van der Waals surface area contributed by atoms with Gasteiger partial charge in [-0.05, 0) is 23.4 Å². The summed E-state index contributed by atoms with van der Waals surface area (Å²) in [5, 5.41) is 11.2. The Kier molecular flexibility index (Phi) is 3.28. The number of carbonyl (C=O) groups excluding carboxylic acids is 1. The molecule has 0 unspecified atom stereocenters. The minimum atomic E-state index is -0.0319. The van der Waals surface area contributed by atoms with Gasteiger partial charge in [0.1, 0.15) is 5.71 Å². The fourth-order valence-electron chi connectivity index (χ4n) is 3.16. The van der Waals surface area contributed by atoms with Gasteiger partial charge < -0.3 is 5.11 Å². The molecule has 3 nitrogen and oxygen atoms in total. The second kappa shape index (κ2) is 5.45. The Bertz CT molecular complexity index is 952. The molecule has 1 N–H and O–H groups in total. The molecule has 3 aromatic rings. The molecular weight excluding hydrogens is 286 g/mol. The average Bonchev–Trinajstić information content (AvgIpc) is 2.85. The van der Waals surface area contributed by atoms with Crippen LogP contribution < -0.4 is 0 Å². The van der Waals surface area contributed by atoms with E-state index in [1.165, 1.54) is 0 Å². The minimum absolute atomic E-state index is 0.0319. The van der Waals surface area contributed by atoms with E-state index in [4.69, 9.17) is 0 Å². The van der Waals surface area contributed by atoms with Gasteiger partial charge in [0.15, 0.2) is 0 Å². The highest BCUT2D eigenvalue weighted by atomic mass is 16.3. The molecule has 0 spiro atoms. The van der Waals surface area contributed by atoms with Crippen LogP contribution >= 0.6 is 0 Å². The molecule has 0 heterocycles. The van der Waals surface area contributed by atoms with E-state index in [2.05, 4.69) is 4.99 Å². The smallest absolute Gasteiger partial charge is 0.212 e. The van der Waals surface area contributed by atoms with Crippen molar-refractivity contribution in [2.75, 3.05) is 6.61 Å². The molecule has 3 aromatic carbocycles. The van der Waals surface area contributed by atoms with E-state index in [1.54, 1.807) is 0 Å². The van der Waals surface area contributed by atoms with Gasteiger partial charge in [-0.25, -0.2) is 4.99 Å². The summed E-state index contributed by atoms with van der Waals surface area (Å²) in [5.74, 6) is -0.0319. The molecule has 3 heteroatoms. The van der Waals surface area contributed by atoms with Crippen LogP contribution in [0.1, 0.15) is 21.5 Å². The zero-order chi connectivity index (χ0) is 15.8. The van der Waals surface area contributed by atoms with Gasteiger partial charge in [-0.1, -0.05) is 54.6 Å². The number of aliphatic hydroxyl groups excluding tert-OH is 1. The third-order valence-corrected chi connectivity index (χ3v) is 4.22. The standard InChI is InChI=1S/C20H15NO2/c22-12-11-13-5-1-2-10-17(13)21-19-15-8-3-6-14-7-4-9-16(18(14)15)20(19)23/h1-10,22H,11-12H2. The molecule has 0 amide bonds. The maximum atomic E-state index is 12.8. The van der Waals surface area contributed by atoms with Crippen molar-refractivity contribution in [3.05, 3.63) is 77.4 Å². The van der Waals surface area contributed by atoms with Crippen LogP contribution in [0, 0.1) is 0 Å². The summed E-state index contributed by atoms with van der Waals surface area (Å²) in [6, 6.07) is 19.3. The normalized spacial score (nSPS) is 14.8. The van der Waals surface area contributed by atoms with Gasteiger partial charge >= 0.3 is 0 Å². The van der Waals surface area contributed by atoms with Crippen LogP contribution in [0.2, 0.25) is 0 Å². The molecule has 1 aliphatic carbocycles. The molecule has 0 aromatic heterocycles. The summed E-state index contributed by atoms with van der Waals surface area (Å²) in [7, 11) is 0. The lowest BCUT2D eigenvalue weighted by molar-refractivity contribution is 0.107. The molecule has 0 saturated carbocycles. The van der Waals surface area contributed by atoms with Crippen molar-refractivity contribution >= 4 is 28.0 Å². The molecule has 23 heavy (non-hydrogen) atoms. The first-order valence-corrected chi connectivity index (χ1v) is 7.64. The highest BCUT2D eigenvalue weighted by molar-refractivity contribution is 6.59. The highest BCUT2D eigenvalue weighted by Crippen LogP contribution is 2.32. The fourth-order valence-corrected chi connectivity index (χ4v) is 3.16. The first-order valence-electron chi connectivity index (χ1n) is 7.64. The maximum Gasteiger partial charge on any atom is 0.212 e. The van der Waals surface area contributed by atoms with Gasteiger partial charge in [0.05, 0.1) is 5.69 Å². The summed E-state index contributed by atoms with van der Waals surface area (Å²) in [4.78, 5) is 17.4. The number of rotatable bonds is 3. The summed E-state index contributed by atoms with van der Waals surface area (Å²) >= 11 is 0. The zero-order valence-corrected chi connectivity index (χ0v) is 12.5. The van der Waals surface area contributed by atoms with E-state index in [1.807, 2.05) is 60.7 Å². The lowest BCUT2D eigenvalue weighted by Crippen LogP contribution is -2.08. The SMILES string of the molecule is O=C1C(=Nc2ccccc2CCO)c2cccc3cccc1c23. The molecule has 4 rings (SSSR count). The molecule has 0 fully saturated rings. The van der Waals surface area contributed by atoms with Crippen molar-refractivity contribution in [1.82, 2.24) is 0 Å². The Morgan fingerprint density at radius 1 is 0.870 bits per heavy atom.